The number of likely N-dealkylation sites (N-methyl/N-ethyl adjacent to an activating group) is 1. The Morgan fingerprint density at radius 3 is 2.00 bits per heavy atom. The summed E-state index contributed by atoms with van der Waals surface area (Å²) in [4.78, 5) is 5.09. The second-order valence-electron chi connectivity index (χ2n) is 6.22. The maximum Gasteiger partial charge on any atom is 0.0767 e. The van der Waals surface area contributed by atoms with Crippen LogP contribution in [0.3, 0.4) is 0 Å². The predicted molar refractivity (Wildman–Crippen MR) is 95.4 cm³/mol. The third kappa shape index (κ3) is 5.22. The van der Waals surface area contributed by atoms with Gasteiger partial charge in [-0.2, -0.15) is 0 Å². The molecule has 0 aliphatic rings. The molecule has 0 aliphatic carbocycles. The van der Waals surface area contributed by atoms with Gasteiger partial charge in [0.25, 0.3) is 0 Å². The largest absolute Gasteiger partial charge is 0.308 e. The molecule has 0 aromatic carbocycles. The molecule has 0 amide bonds. The Morgan fingerprint density at radius 1 is 1.05 bits per heavy atom. The third-order valence-corrected chi connectivity index (χ3v) is 5.27. The molecule has 1 unspecified atom stereocenters. The van der Waals surface area contributed by atoms with E-state index in [1.54, 1.807) is 0 Å². The minimum Gasteiger partial charge on any atom is -0.308 e. The van der Waals surface area contributed by atoms with Gasteiger partial charge >= 0.3 is 0 Å². The van der Waals surface area contributed by atoms with E-state index >= 15 is 0 Å². The van der Waals surface area contributed by atoms with E-state index in [0.29, 0.717) is 18.0 Å². The third-order valence-electron chi connectivity index (χ3n) is 3.40. The number of hydrogen-bond donors (Lipinski definition) is 1. The Labute approximate surface area is 136 Å². The summed E-state index contributed by atoms with van der Waals surface area (Å²) in [5, 5.41) is 8.24. The van der Waals surface area contributed by atoms with E-state index in [1.165, 1.54) is 16.2 Å². The van der Waals surface area contributed by atoms with E-state index in [2.05, 4.69) is 73.2 Å². The molecule has 2 nitrogen and oxygen atoms in total. The van der Waals surface area contributed by atoms with Crippen LogP contribution in [0.4, 0.5) is 0 Å². The Balaban J connectivity index is 2.16. The first-order valence-corrected chi connectivity index (χ1v) is 9.29. The lowest BCUT2D eigenvalue weighted by molar-refractivity contribution is 0.296. The fourth-order valence-corrected chi connectivity index (χ4v) is 4.34. The van der Waals surface area contributed by atoms with E-state index in [0.717, 1.165) is 6.54 Å². The van der Waals surface area contributed by atoms with E-state index in [1.807, 2.05) is 22.7 Å². The van der Waals surface area contributed by atoms with Crippen molar-refractivity contribution in [1.82, 2.24) is 10.2 Å². The first-order chi connectivity index (χ1) is 10.1. The van der Waals surface area contributed by atoms with Gasteiger partial charge in [0.15, 0.2) is 0 Å². The summed E-state index contributed by atoms with van der Waals surface area (Å²) in [6.45, 7) is 5.68. The first kappa shape index (κ1) is 16.7. The van der Waals surface area contributed by atoms with E-state index in [-0.39, 0.29) is 0 Å². The molecule has 0 radical (unpaired) electrons. The van der Waals surface area contributed by atoms with Crippen molar-refractivity contribution in [3.63, 3.8) is 0 Å². The number of nitrogens with zero attached hydrogens (tertiary/aromatic N) is 1. The molecule has 2 heterocycles. The summed E-state index contributed by atoms with van der Waals surface area (Å²) >= 11 is 3.68. The highest BCUT2D eigenvalue weighted by molar-refractivity contribution is 7.11. The standard InChI is InChI=1S/C17H26N2S2/c1-13(2)11-14(12-19(3)4)18-17(15-7-5-9-20-15)16-8-6-10-21-16/h5-10,13-14,17-18H,11-12H2,1-4H3. The Hall–Kier alpha value is -0.680. The molecular formula is C17H26N2S2. The molecule has 2 rings (SSSR count). The highest BCUT2D eigenvalue weighted by Crippen LogP contribution is 2.30. The summed E-state index contributed by atoms with van der Waals surface area (Å²) < 4.78 is 0. The smallest absolute Gasteiger partial charge is 0.0767 e. The van der Waals surface area contributed by atoms with Crippen LogP contribution in [0.15, 0.2) is 35.0 Å². The van der Waals surface area contributed by atoms with Gasteiger partial charge in [-0.15, -0.1) is 22.7 Å². The summed E-state index contributed by atoms with van der Waals surface area (Å²) in [5.41, 5.74) is 0. The lowest BCUT2D eigenvalue weighted by atomic mass is 10.0. The van der Waals surface area contributed by atoms with Gasteiger partial charge in [0.2, 0.25) is 0 Å². The zero-order valence-corrected chi connectivity index (χ0v) is 15.0. The van der Waals surface area contributed by atoms with Gasteiger partial charge in [0.1, 0.15) is 0 Å². The molecule has 1 N–H and O–H groups in total. The highest BCUT2D eigenvalue weighted by Gasteiger charge is 2.21. The van der Waals surface area contributed by atoms with Gasteiger partial charge in [-0.3, -0.25) is 0 Å². The van der Waals surface area contributed by atoms with Gasteiger partial charge in [-0.25, -0.2) is 0 Å². The number of rotatable bonds is 8. The molecule has 1 atom stereocenters. The van der Waals surface area contributed by atoms with Gasteiger partial charge in [-0.05, 0) is 49.3 Å². The van der Waals surface area contributed by atoms with Crippen molar-refractivity contribution in [3.05, 3.63) is 44.8 Å². The predicted octanol–water partition coefficient (Wildman–Crippen LogP) is 4.46. The molecule has 0 saturated heterocycles. The van der Waals surface area contributed by atoms with Crippen molar-refractivity contribution in [2.24, 2.45) is 5.92 Å². The normalized spacial score (nSPS) is 13.5. The fourth-order valence-electron chi connectivity index (χ4n) is 2.66. The van der Waals surface area contributed by atoms with Crippen LogP contribution in [0.1, 0.15) is 36.1 Å². The number of thiophene rings is 2. The summed E-state index contributed by atoms with van der Waals surface area (Å²) in [7, 11) is 4.31. The molecule has 0 aliphatic heterocycles. The van der Waals surface area contributed by atoms with Gasteiger partial charge in [-0.1, -0.05) is 26.0 Å². The lowest BCUT2D eigenvalue weighted by Gasteiger charge is -2.28. The van der Waals surface area contributed by atoms with Crippen LogP contribution in [-0.4, -0.2) is 31.6 Å². The molecule has 4 heteroatoms. The van der Waals surface area contributed by atoms with Crippen molar-refractivity contribution in [2.45, 2.75) is 32.4 Å². The van der Waals surface area contributed by atoms with Crippen molar-refractivity contribution >= 4 is 22.7 Å². The topological polar surface area (TPSA) is 15.3 Å². The van der Waals surface area contributed by atoms with Crippen LogP contribution < -0.4 is 5.32 Å². The Bertz CT molecular complexity index is 445. The second kappa shape index (κ2) is 8.08. The summed E-state index contributed by atoms with van der Waals surface area (Å²) in [5.74, 6) is 0.703. The fraction of sp³-hybridized carbons (Fsp3) is 0.529. The second-order valence-corrected chi connectivity index (χ2v) is 8.18. The Morgan fingerprint density at radius 2 is 1.62 bits per heavy atom. The van der Waals surface area contributed by atoms with E-state index in [9.17, 15) is 0 Å². The maximum atomic E-state index is 3.90. The van der Waals surface area contributed by atoms with Gasteiger partial charge in [0.05, 0.1) is 6.04 Å². The van der Waals surface area contributed by atoms with Gasteiger partial charge < -0.3 is 10.2 Å². The molecular weight excluding hydrogens is 296 g/mol. The molecule has 2 aromatic rings. The summed E-state index contributed by atoms with van der Waals surface area (Å²) in [6.07, 6.45) is 1.20. The van der Waals surface area contributed by atoms with Crippen molar-refractivity contribution < 1.29 is 0 Å². The molecule has 116 valence electrons. The molecule has 0 fully saturated rings. The van der Waals surface area contributed by atoms with E-state index in [4.69, 9.17) is 0 Å². The monoisotopic (exact) mass is 322 g/mol. The SMILES string of the molecule is CC(C)CC(CN(C)C)NC(c1cccs1)c1cccs1. The quantitative estimate of drug-likeness (QED) is 0.771. The number of nitrogens with one attached hydrogen (secondary N) is 1. The average molecular weight is 323 g/mol. The zero-order valence-electron chi connectivity index (χ0n) is 13.4. The van der Waals surface area contributed by atoms with Gasteiger partial charge in [0, 0.05) is 22.3 Å². The van der Waals surface area contributed by atoms with Crippen LogP contribution >= 0.6 is 22.7 Å². The zero-order chi connectivity index (χ0) is 15.2. The van der Waals surface area contributed by atoms with Crippen molar-refractivity contribution in [3.8, 4) is 0 Å². The van der Waals surface area contributed by atoms with E-state index < -0.39 is 0 Å². The molecule has 0 saturated carbocycles. The van der Waals surface area contributed by atoms with Crippen LogP contribution in [0.5, 0.6) is 0 Å². The lowest BCUT2D eigenvalue weighted by Crippen LogP contribution is -2.41. The van der Waals surface area contributed by atoms with Crippen LogP contribution in [0.25, 0.3) is 0 Å². The minimum atomic E-state index is 0.327. The maximum absolute atomic E-state index is 3.90. The van der Waals surface area contributed by atoms with Crippen molar-refractivity contribution in [1.29, 1.82) is 0 Å². The number of hydrogen-bond acceptors (Lipinski definition) is 4. The highest BCUT2D eigenvalue weighted by atomic mass is 32.1. The van der Waals surface area contributed by atoms with Crippen LogP contribution in [0, 0.1) is 5.92 Å². The molecule has 21 heavy (non-hydrogen) atoms. The molecule has 0 spiro atoms. The first-order valence-electron chi connectivity index (χ1n) is 7.54. The summed E-state index contributed by atoms with van der Waals surface area (Å²) in [6, 6.07) is 9.61. The van der Waals surface area contributed by atoms with Crippen LogP contribution in [0.2, 0.25) is 0 Å². The average Bonchev–Trinajstić information content (AvgIpc) is 3.08. The Kier molecular flexibility index (Phi) is 6.42. The molecule has 0 bridgehead atoms. The minimum absolute atomic E-state index is 0.327. The van der Waals surface area contributed by atoms with Crippen molar-refractivity contribution in [2.75, 3.05) is 20.6 Å². The van der Waals surface area contributed by atoms with Crippen LogP contribution in [-0.2, 0) is 0 Å². The molecule has 2 aromatic heterocycles.